The van der Waals surface area contributed by atoms with Crippen molar-refractivity contribution in [1.29, 1.82) is 0 Å². The van der Waals surface area contributed by atoms with Gasteiger partial charge < -0.3 is 14.0 Å². The number of hydrogen-bond acceptors (Lipinski definition) is 7. The Morgan fingerprint density at radius 1 is 1.10 bits per heavy atom. The number of carbonyl (C=O) groups is 4. The SMILES string of the molecule is COC(=O)c1cccc(-n2c(C)cc(/C=C3/SC(=O)N([C@@H](C)C(=O)OC)C3=O)c2C)c1. The summed E-state index contributed by atoms with van der Waals surface area (Å²) in [5, 5.41) is -0.520. The summed E-state index contributed by atoms with van der Waals surface area (Å²) < 4.78 is 11.4. The highest BCUT2D eigenvalue weighted by Crippen LogP contribution is 2.35. The van der Waals surface area contributed by atoms with Crippen molar-refractivity contribution in [2.45, 2.75) is 26.8 Å². The maximum Gasteiger partial charge on any atom is 0.337 e. The van der Waals surface area contributed by atoms with Crippen LogP contribution in [-0.2, 0) is 19.1 Å². The molecule has 31 heavy (non-hydrogen) atoms. The zero-order chi connectivity index (χ0) is 22.9. The standard InChI is InChI=1S/C22H22N2O6S/c1-12-9-16(11-18-19(25)24(22(28)31-18)14(3)20(26)29-4)13(2)23(12)17-8-6-7-15(10-17)21(27)30-5/h6-11,14H,1-5H3/b18-11+/t14-/m0/s1. The Labute approximate surface area is 183 Å². The van der Waals surface area contributed by atoms with Gasteiger partial charge in [0.15, 0.2) is 0 Å². The minimum Gasteiger partial charge on any atom is -0.467 e. The van der Waals surface area contributed by atoms with Crippen LogP contribution in [0.25, 0.3) is 11.8 Å². The lowest BCUT2D eigenvalue weighted by Crippen LogP contribution is -2.42. The minimum absolute atomic E-state index is 0.226. The minimum atomic E-state index is -1.00. The summed E-state index contributed by atoms with van der Waals surface area (Å²) in [6.45, 7) is 5.23. The number of esters is 2. The lowest BCUT2D eigenvalue weighted by atomic mass is 10.2. The van der Waals surface area contributed by atoms with Crippen LogP contribution < -0.4 is 0 Å². The zero-order valence-electron chi connectivity index (χ0n) is 17.8. The Kier molecular flexibility index (Phi) is 6.35. The molecule has 1 aliphatic heterocycles. The molecule has 1 atom stereocenters. The van der Waals surface area contributed by atoms with Gasteiger partial charge in [-0.3, -0.25) is 14.5 Å². The number of methoxy groups -OCH3 is 2. The van der Waals surface area contributed by atoms with Crippen molar-refractivity contribution in [1.82, 2.24) is 9.47 Å². The molecule has 0 unspecified atom stereocenters. The monoisotopic (exact) mass is 442 g/mol. The van der Waals surface area contributed by atoms with Gasteiger partial charge in [0.05, 0.1) is 24.7 Å². The molecule has 2 heterocycles. The first-order chi connectivity index (χ1) is 14.7. The average Bonchev–Trinajstić information content (AvgIpc) is 3.20. The molecule has 2 aromatic rings. The van der Waals surface area contributed by atoms with E-state index in [2.05, 4.69) is 4.74 Å². The molecule has 2 amide bonds. The van der Waals surface area contributed by atoms with E-state index in [9.17, 15) is 19.2 Å². The molecular weight excluding hydrogens is 420 g/mol. The average molecular weight is 442 g/mol. The molecular formula is C22H22N2O6S. The second-order valence-corrected chi connectivity index (χ2v) is 7.95. The summed E-state index contributed by atoms with van der Waals surface area (Å²) in [6.07, 6.45) is 1.64. The van der Waals surface area contributed by atoms with E-state index in [4.69, 9.17) is 4.74 Å². The van der Waals surface area contributed by atoms with Crippen LogP contribution in [0.2, 0.25) is 0 Å². The van der Waals surface area contributed by atoms with Crippen molar-refractivity contribution in [3.63, 3.8) is 0 Å². The number of thioether (sulfide) groups is 1. The smallest absolute Gasteiger partial charge is 0.337 e. The molecule has 9 heteroatoms. The fourth-order valence-corrected chi connectivity index (χ4v) is 4.35. The molecule has 0 saturated carbocycles. The lowest BCUT2D eigenvalue weighted by Gasteiger charge is -2.18. The summed E-state index contributed by atoms with van der Waals surface area (Å²) in [7, 11) is 2.53. The van der Waals surface area contributed by atoms with E-state index < -0.39 is 29.1 Å². The lowest BCUT2D eigenvalue weighted by molar-refractivity contribution is -0.148. The van der Waals surface area contributed by atoms with Gasteiger partial charge in [-0.05, 0) is 68.4 Å². The Hall–Kier alpha value is -3.33. The molecule has 0 spiro atoms. The van der Waals surface area contributed by atoms with Crippen molar-refractivity contribution >= 4 is 40.9 Å². The summed E-state index contributed by atoms with van der Waals surface area (Å²) in [5.41, 5.74) is 3.65. The molecule has 0 N–H and O–H groups in total. The Morgan fingerprint density at radius 2 is 1.81 bits per heavy atom. The van der Waals surface area contributed by atoms with E-state index in [-0.39, 0.29) is 4.91 Å². The Bertz CT molecular complexity index is 1120. The number of nitrogens with zero attached hydrogens (tertiary/aromatic N) is 2. The van der Waals surface area contributed by atoms with E-state index in [1.165, 1.54) is 21.1 Å². The molecule has 1 aromatic carbocycles. The van der Waals surface area contributed by atoms with E-state index in [0.717, 1.165) is 39.3 Å². The van der Waals surface area contributed by atoms with E-state index >= 15 is 0 Å². The normalized spacial score (nSPS) is 16.0. The molecule has 8 nitrogen and oxygen atoms in total. The van der Waals surface area contributed by atoms with Crippen LogP contribution in [0.15, 0.2) is 35.2 Å². The van der Waals surface area contributed by atoms with Crippen LogP contribution in [-0.4, -0.2) is 52.8 Å². The quantitative estimate of drug-likeness (QED) is 0.517. The summed E-state index contributed by atoms with van der Waals surface area (Å²) >= 11 is 0.782. The molecule has 1 saturated heterocycles. The van der Waals surface area contributed by atoms with Gasteiger partial charge in [0.2, 0.25) is 0 Å². The fourth-order valence-electron chi connectivity index (χ4n) is 3.45. The van der Waals surface area contributed by atoms with Crippen molar-refractivity contribution in [2.24, 2.45) is 0 Å². The molecule has 0 bridgehead atoms. The first-order valence-corrected chi connectivity index (χ1v) is 10.2. The van der Waals surface area contributed by atoms with E-state index in [1.54, 1.807) is 24.3 Å². The maximum atomic E-state index is 12.8. The number of benzene rings is 1. The maximum absolute atomic E-state index is 12.8. The second kappa shape index (κ2) is 8.81. The van der Waals surface area contributed by atoms with Gasteiger partial charge in [-0.1, -0.05) is 6.07 Å². The highest BCUT2D eigenvalue weighted by Gasteiger charge is 2.41. The third kappa shape index (κ3) is 4.13. The van der Waals surface area contributed by atoms with Crippen molar-refractivity contribution < 1.29 is 28.7 Å². The zero-order valence-corrected chi connectivity index (χ0v) is 18.6. The van der Waals surface area contributed by atoms with Crippen LogP contribution in [0.1, 0.15) is 34.2 Å². The van der Waals surface area contributed by atoms with Gasteiger partial charge in [0, 0.05) is 17.1 Å². The van der Waals surface area contributed by atoms with Crippen molar-refractivity contribution in [2.75, 3.05) is 14.2 Å². The van der Waals surface area contributed by atoms with Crippen LogP contribution in [0.3, 0.4) is 0 Å². The number of ether oxygens (including phenoxy) is 2. The Balaban J connectivity index is 1.97. The predicted molar refractivity (Wildman–Crippen MR) is 116 cm³/mol. The number of imide groups is 1. The van der Waals surface area contributed by atoms with Gasteiger partial charge in [-0.15, -0.1) is 0 Å². The van der Waals surface area contributed by atoms with Gasteiger partial charge in [-0.25, -0.2) is 9.59 Å². The number of aryl methyl sites for hydroxylation is 1. The molecule has 0 aliphatic carbocycles. The third-order valence-electron chi connectivity index (χ3n) is 5.04. The van der Waals surface area contributed by atoms with Gasteiger partial charge >= 0.3 is 11.9 Å². The third-order valence-corrected chi connectivity index (χ3v) is 5.92. The summed E-state index contributed by atoms with van der Waals surface area (Å²) in [6, 6.07) is 7.90. The topological polar surface area (TPSA) is 94.9 Å². The molecule has 1 aliphatic rings. The fraction of sp³-hybridized carbons (Fsp3) is 0.273. The number of hydrogen-bond donors (Lipinski definition) is 0. The van der Waals surface area contributed by atoms with Crippen LogP contribution in [0.5, 0.6) is 0 Å². The van der Waals surface area contributed by atoms with Crippen LogP contribution >= 0.6 is 11.8 Å². The molecule has 0 radical (unpaired) electrons. The van der Waals surface area contributed by atoms with Crippen LogP contribution in [0, 0.1) is 13.8 Å². The number of carbonyl (C=O) groups excluding carboxylic acids is 4. The van der Waals surface area contributed by atoms with Gasteiger partial charge in [-0.2, -0.15) is 0 Å². The molecule has 3 rings (SSSR count). The number of rotatable bonds is 5. The highest BCUT2D eigenvalue weighted by molar-refractivity contribution is 8.18. The molecule has 1 fully saturated rings. The number of amides is 2. The molecule has 162 valence electrons. The first kappa shape index (κ1) is 22.4. The van der Waals surface area contributed by atoms with Crippen molar-refractivity contribution in [3.05, 3.63) is 57.8 Å². The summed E-state index contributed by atoms with van der Waals surface area (Å²) in [4.78, 5) is 49.9. The Morgan fingerprint density at radius 3 is 2.45 bits per heavy atom. The van der Waals surface area contributed by atoms with Gasteiger partial charge in [0.25, 0.3) is 11.1 Å². The van der Waals surface area contributed by atoms with Crippen molar-refractivity contribution in [3.8, 4) is 5.69 Å². The summed E-state index contributed by atoms with van der Waals surface area (Å²) in [5.74, 6) is -1.63. The second-order valence-electron chi connectivity index (χ2n) is 6.95. The van der Waals surface area contributed by atoms with Crippen LogP contribution in [0.4, 0.5) is 4.79 Å². The first-order valence-electron chi connectivity index (χ1n) is 9.42. The van der Waals surface area contributed by atoms with E-state index in [0.29, 0.717) is 5.56 Å². The molecule has 1 aromatic heterocycles. The van der Waals surface area contributed by atoms with Gasteiger partial charge in [0.1, 0.15) is 6.04 Å². The highest BCUT2D eigenvalue weighted by atomic mass is 32.2. The number of aromatic nitrogens is 1. The largest absolute Gasteiger partial charge is 0.467 e. The predicted octanol–water partition coefficient (Wildman–Crippen LogP) is 3.48. The van der Waals surface area contributed by atoms with E-state index in [1.807, 2.05) is 30.5 Å².